The smallest absolute Gasteiger partial charge is 0.169 e. The molecule has 0 aliphatic rings. The average Bonchev–Trinajstić information content (AvgIpc) is 2.79. The summed E-state index contributed by atoms with van der Waals surface area (Å²) in [6.45, 7) is 4.01. The molecule has 1 aromatic heterocycles. The zero-order valence-corrected chi connectivity index (χ0v) is 11.5. The summed E-state index contributed by atoms with van der Waals surface area (Å²) in [6, 6.07) is 6.07. The lowest BCUT2D eigenvalue weighted by Crippen LogP contribution is -1.90. The molecule has 3 nitrogen and oxygen atoms in total. The summed E-state index contributed by atoms with van der Waals surface area (Å²) in [5, 5.41) is 0.835. The minimum atomic E-state index is 0.513. The van der Waals surface area contributed by atoms with Gasteiger partial charge in [-0.25, -0.2) is 4.98 Å². The van der Waals surface area contributed by atoms with Crippen molar-refractivity contribution in [2.75, 3.05) is 7.11 Å². The number of aromatic nitrogens is 1. The third-order valence-corrected chi connectivity index (χ3v) is 3.87. The Labute approximate surface area is 110 Å². The van der Waals surface area contributed by atoms with E-state index in [1.807, 2.05) is 19.1 Å². The van der Waals surface area contributed by atoms with E-state index in [2.05, 4.69) is 18.0 Å². The third kappa shape index (κ3) is 2.29. The minimum Gasteiger partial charge on any atom is -0.496 e. The van der Waals surface area contributed by atoms with Gasteiger partial charge in [0.25, 0.3) is 0 Å². The fraction of sp³-hybridized carbons (Fsp3) is 0.286. The van der Waals surface area contributed by atoms with Crippen LogP contribution in [0.15, 0.2) is 18.2 Å². The molecule has 2 rings (SSSR count). The monoisotopic (exact) mass is 261 g/mol. The maximum atomic E-state index is 10.9. The number of thiazole rings is 1. The van der Waals surface area contributed by atoms with Crippen LogP contribution in [0.5, 0.6) is 5.75 Å². The SMILES string of the molecule is CCc1ccc(OC)c(-c2nc(C=O)c(C)s2)c1. The Balaban J connectivity index is 2.56. The molecule has 4 heteroatoms. The van der Waals surface area contributed by atoms with E-state index in [9.17, 15) is 4.79 Å². The van der Waals surface area contributed by atoms with Crippen LogP contribution in [0.3, 0.4) is 0 Å². The van der Waals surface area contributed by atoms with Gasteiger partial charge < -0.3 is 4.74 Å². The van der Waals surface area contributed by atoms with Crippen LogP contribution in [0.4, 0.5) is 0 Å². The lowest BCUT2D eigenvalue weighted by molar-refractivity contribution is 0.111. The molecule has 0 aliphatic carbocycles. The maximum Gasteiger partial charge on any atom is 0.169 e. The Bertz CT molecular complexity index is 575. The first-order valence-corrected chi connectivity index (χ1v) is 6.61. The molecule has 0 amide bonds. The summed E-state index contributed by atoms with van der Waals surface area (Å²) in [7, 11) is 1.64. The number of nitrogens with zero attached hydrogens (tertiary/aromatic N) is 1. The first-order valence-electron chi connectivity index (χ1n) is 5.79. The molecule has 0 spiro atoms. The Hall–Kier alpha value is -1.68. The Morgan fingerprint density at radius 1 is 1.44 bits per heavy atom. The van der Waals surface area contributed by atoms with Crippen LogP contribution in [0.1, 0.15) is 27.9 Å². The highest BCUT2D eigenvalue weighted by Crippen LogP contribution is 2.34. The molecule has 0 aliphatic heterocycles. The molecule has 1 aromatic carbocycles. The van der Waals surface area contributed by atoms with Crippen molar-refractivity contribution < 1.29 is 9.53 Å². The van der Waals surface area contributed by atoms with E-state index in [4.69, 9.17) is 4.74 Å². The first kappa shape index (κ1) is 12.8. The van der Waals surface area contributed by atoms with Crippen molar-refractivity contribution in [3.63, 3.8) is 0 Å². The second-order valence-electron chi connectivity index (χ2n) is 3.97. The van der Waals surface area contributed by atoms with Crippen LogP contribution in [-0.4, -0.2) is 18.4 Å². The predicted molar refractivity (Wildman–Crippen MR) is 73.6 cm³/mol. The van der Waals surface area contributed by atoms with Crippen LogP contribution >= 0.6 is 11.3 Å². The van der Waals surface area contributed by atoms with Gasteiger partial charge in [-0.05, 0) is 31.0 Å². The molecule has 0 saturated heterocycles. The van der Waals surface area contributed by atoms with Gasteiger partial charge in [0.05, 0.1) is 12.7 Å². The van der Waals surface area contributed by atoms with Crippen LogP contribution < -0.4 is 4.74 Å². The van der Waals surface area contributed by atoms with Gasteiger partial charge in [0.1, 0.15) is 16.5 Å². The molecule has 0 atom stereocenters. The van der Waals surface area contributed by atoms with Crippen molar-refractivity contribution in [1.82, 2.24) is 4.98 Å². The number of aldehydes is 1. The van der Waals surface area contributed by atoms with Gasteiger partial charge in [-0.3, -0.25) is 4.79 Å². The van der Waals surface area contributed by atoms with Crippen molar-refractivity contribution in [2.45, 2.75) is 20.3 Å². The van der Waals surface area contributed by atoms with Crippen LogP contribution in [0.25, 0.3) is 10.6 Å². The maximum absolute atomic E-state index is 10.9. The standard InChI is InChI=1S/C14H15NO2S/c1-4-10-5-6-13(17-3)11(7-10)14-15-12(8-16)9(2)18-14/h5-8H,4H2,1-3H3. The number of ether oxygens (including phenoxy) is 1. The second kappa shape index (κ2) is 5.31. The quantitative estimate of drug-likeness (QED) is 0.791. The van der Waals surface area contributed by atoms with Crippen molar-refractivity contribution in [3.05, 3.63) is 34.3 Å². The fourth-order valence-electron chi connectivity index (χ4n) is 1.77. The molecule has 0 bridgehead atoms. The summed E-state index contributed by atoms with van der Waals surface area (Å²) in [5.41, 5.74) is 2.70. The number of aryl methyl sites for hydroxylation is 2. The largest absolute Gasteiger partial charge is 0.496 e. The number of hydrogen-bond donors (Lipinski definition) is 0. The summed E-state index contributed by atoms with van der Waals surface area (Å²) in [4.78, 5) is 16.1. The molecule has 18 heavy (non-hydrogen) atoms. The van der Waals surface area contributed by atoms with E-state index in [-0.39, 0.29) is 0 Å². The minimum absolute atomic E-state index is 0.513. The van der Waals surface area contributed by atoms with Gasteiger partial charge in [0.2, 0.25) is 0 Å². The van der Waals surface area contributed by atoms with E-state index < -0.39 is 0 Å². The van der Waals surface area contributed by atoms with Crippen molar-refractivity contribution in [1.29, 1.82) is 0 Å². The summed E-state index contributed by atoms with van der Waals surface area (Å²) >= 11 is 1.52. The van der Waals surface area contributed by atoms with Crippen LogP contribution in [0.2, 0.25) is 0 Å². The summed E-state index contributed by atoms with van der Waals surface area (Å²) < 4.78 is 5.36. The highest BCUT2D eigenvalue weighted by Gasteiger charge is 2.13. The number of rotatable bonds is 4. The number of carbonyl (C=O) groups is 1. The van der Waals surface area contributed by atoms with Crippen molar-refractivity contribution in [3.8, 4) is 16.3 Å². The third-order valence-electron chi connectivity index (χ3n) is 2.85. The summed E-state index contributed by atoms with van der Waals surface area (Å²) in [6.07, 6.45) is 1.76. The van der Waals surface area contributed by atoms with Gasteiger partial charge in [-0.15, -0.1) is 11.3 Å². The molecule has 1 heterocycles. The van der Waals surface area contributed by atoms with Gasteiger partial charge in [0.15, 0.2) is 6.29 Å². The van der Waals surface area contributed by atoms with Crippen molar-refractivity contribution >= 4 is 17.6 Å². The van der Waals surface area contributed by atoms with Gasteiger partial charge >= 0.3 is 0 Å². The number of hydrogen-bond acceptors (Lipinski definition) is 4. The Morgan fingerprint density at radius 2 is 2.22 bits per heavy atom. The molecule has 0 saturated carbocycles. The number of carbonyl (C=O) groups excluding carboxylic acids is 1. The molecule has 0 unspecified atom stereocenters. The Morgan fingerprint density at radius 3 is 2.78 bits per heavy atom. The molecular weight excluding hydrogens is 246 g/mol. The van der Waals surface area contributed by atoms with Crippen LogP contribution in [0, 0.1) is 6.92 Å². The first-order chi connectivity index (χ1) is 8.69. The lowest BCUT2D eigenvalue weighted by atomic mass is 10.1. The van der Waals surface area contributed by atoms with Crippen LogP contribution in [-0.2, 0) is 6.42 Å². The van der Waals surface area contributed by atoms with Gasteiger partial charge in [0, 0.05) is 4.88 Å². The highest BCUT2D eigenvalue weighted by atomic mass is 32.1. The molecule has 0 radical (unpaired) electrons. The topological polar surface area (TPSA) is 39.2 Å². The fourth-order valence-corrected chi connectivity index (χ4v) is 2.68. The molecular formula is C14H15NO2S. The van der Waals surface area contributed by atoms with E-state index in [0.29, 0.717) is 5.69 Å². The van der Waals surface area contributed by atoms with Gasteiger partial charge in [-0.2, -0.15) is 0 Å². The Kier molecular flexibility index (Phi) is 3.77. The molecule has 0 fully saturated rings. The number of methoxy groups -OCH3 is 1. The highest BCUT2D eigenvalue weighted by molar-refractivity contribution is 7.15. The molecule has 94 valence electrons. The van der Waals surface area contributed by atoms with E-state index in [1.165, 1.54) is 16.9 Å². The zero-order chi connectivity index (χ0) is 13.1. The number of benzene rings is 1. The van der Waals surface area contributed by atoms with E-state index >= 15 is 0 Å². The van der Waals surface area contributed by atoms with Crippen molar-refractivity contribution in [2.24, 2.45) is 0 Å². The summed E-state index contributed by atoms with van der Waals surface area (Å²) in [5.74, 6) is 0.790. The molecule has 0 N–H and O–H groups in total. The molecule has 2 aromatic rings. The van der Waals surface area contributed by atoms with E-state index in [1.54, 1.807) is 7.11 Å². The average molecular weight is 261 g/mol. The van der Waals surface area contributed by atoms with Gasteiger partial charge in [-0.1, -0.05) is 13.0 Å². The predicted octanol–water partition coefficient (Wildman–Crippen LogP) is 3.50. The lowest BCUT2D eigenvalue weighted by Gasteiger charge is -2.07. The van der Waals surface area contributed by atoms with E-state index in [0.717, 1.165) is 33.9 Å². The second-order valence-corrected chi connectivity index (χ2v) is 5.17. The zero-order valence-electron chi connectivity index (χ0n) is 10.7. The normalized spacial score (nSPS) is 10.4.